The number of hydrogen-bond acceptors (Lipinski definition) is 5. The number of nitrogens with one attached hydrogen (secondary N) is 1. The molecular weight excluding hydrogens is 358 g/mol. The van der Waals surface area contributed by atoms with Crippen molar-refractivity contribution in [3.05, 3.63) is 22.7 Å². The zero-order valence-corrected chi connectivity index (χ0v) is 16.7. The van der Waals surface area contributed by atoms with Gasteiger partial charge in [-0.05, 0) is 69.9 Å². The van der Waals surface area contributed by atoms with Crippen LogP contribution in [0.25, 0.3) is 0 Å². The van der Waals surface area contributed by atoms with Crippen LogP contribution in [0.1, 0.15) is 64.3 Å². The second-order valence-corrected chi connectivity index (χ2v) is 8.26. The number of carboxylic acid groups (broad SMARTS) is 1. The van der Waals surface area contributed by atoms with Gasteiger partial charge in [-0.25, -0.2) is 9.59 Å². The van der Waals surface area contributed by atoms with Crippen LogP contribution >= 0.6 is 0 Å². The van der Waals surface area contributed by atoms with Crippen LogP contribution in [0.4, 0.5) is 10.6 Å². The Labute approximate surface area is 166 Å². The fourth-order valence-corrected chi connectivity index (χ4v) is 4.94. The normalized spacial score (nSPS) is 28.2. The molecule has 2 aliphatic carbocycles. The Bertz CT molecular complexity index is 706. The number of nitrogen functional groups attached to an aromatic ring is 1. The van der Waals surface area contributed by atoms with Crippen LogP contribution in [0.5, 0.6) is 0 Å². The molecule has 1 amide bonds. The Morgan fingerprint density at radius 3 is 2.50 bits per heavy atom. The lowest BCUT2D eigenvalue weighted by Crippen LogP contribution is -2.45. The van der Waals surface area contributed by atoms with Gasteiger partial charge in [-0.3, -0.25) is 4.57 Å². The molecule has 0 radical (unpaired) electrons. The molecule has 0 saturated heterocycles. The molecular formula is C20H33N5O3. The molecule has 0 aromatic carbocycles. The summed E-state index contributed by atoms with van der Waals surface area (Å²) in [6.07, 6.45) is 9.07. The van der Waals surface area contributed by atoms with Crippen molar-refractivity contribution >= 4 is 11.9 Å². The first-order chi connectivity index (χ1) is 13.5. The van der Waals surface area contributed by atoms with Gasteiger partial charge in [0.2, 0.25) is 0 Å². The Hall–Kier alpha value is -2.09. The van der Waals surface area contributed by atoms with Crippen LogP contribution in [0.15, 0.2) is 17.1 Å². The van der Waals surface area contributed by atoms with E-state index in [4.69, 9.17) is 10.8 Å². The van der Waals surface area contributed by atoms with Crippen molar-refractivity contribution < 1.29 is 9.90 Å². The largest absolute Gasteiger partial charge is 0.465 e. The molecule has 0 spiro atoms. The molecule has 0 aliphatic heterocycles. The number of aromatic nitrogens is 2. The van der Waals surface area contributed by atoms with Gasteiger partial charge in [0.15, 0.2) is 0 Å². The van der Waals surface area contributed by atoms with E-state index in [0.29, 0.717) is 12.0 Å². The highest BCUT2D eigenvalue weighted by Crippen LogP contribution is 2.33. The number of rotatable bonds is 6. The molecule has 2 fully saturated rings. The predicted molar refractivity (Wildman–Crippen MR) is 108 cm³/mol. The highest BCUT2D eigenvalue weighted by molar-refractivity contribution is 5.64. The van der Waals surface area contributed by atoms with Crippen LogP contribution < -0.4 is 16.7 Å². The van der Waals surface area contributed by atoms with E-state index in [1.807, 2.05) is 0 Å². The lowest BCUT2D eigenvalue weighted by Gasteiger charge is -2.39. The average molecular weight is 392 g/mol. The third-order valence-electron chi connectivity index (χ3n) is 6.50. The summed E-state index contributed by atoms with van der Waals surface area (Å²) in [7, 11) is 0. The lowest BCUT2D eigenvalue weighted by atomic mass is 9.84. The molecule has 0 atom stereocenters. The molecule has 28 heavy (non-hydrogen) atoms. The van der Waals surface area contributed by atoms with Crippen molar-refractivity contribution in [3.63, 3.8) is 0 Å². The van der Waals surface area contributed by atoms with Crippen LogP contribution in [-0.4, -0.2) is 50.8 Å². The predicted octanol–water partition coefficient (Wildman–Crippen LogP) is 2.46. The minimum absolute atomic E-state index is 0.106. The second kappa shape index (κ2) is 9.41. The second-order valence-electron chi connectivity index (χ2n) is 8.26. The zero-order valence-electron chi connectivity index (χ0n) is 16.7. The molecule has 2 saturated carbocycles. The molecule has 1 heterocycles. The monoisotopic (exact) mass is 391 g/mol. The number of carbonyl (C=O) groups is 1. The minimum Gasteiger partial charge on any atom is -0.465 e. The van der Waals surface area contributed by atoms with Gasteiger partial charge in [-0.1, -0.05) is 6.92 Å². The third kappa shape index (κ3) is 5.25. The molecule has 2 aliphatic rings. The summed E-state index contributed by atoms with van der Waals surface area (Å²) in [5.74, 6) is 0.935. The summed E-state index contributed by atoms with van der Waals surface area (Å²) in [5.41, 5.74) is 5.34. The fraction of sp³-hybridized carbons (Fsp3) is 0.750. The molecule has 3 rings (SSSR count). The summed E-state index contributed by atoms with van der Waals surface area (Å²) in [6.45, 7) is 4.34. The SMILES string of the molecule is CCN(C[C@H]1CC[C@H](n2ccc(N)nc2=O)CC1)[C@H]1CC[C@H](NC(=O)O)CC1. The minimum atomic E-state index is -0.914. The number of hydrogen-bond donors (Lipinski definition) is 3. The molecule has 8 heteroatoms. The van der Waals surface area contributed by atoms with Crippen molar-refractivity contribution in [2.75, 3.05) is 18.8 Å². The van der Waals surface area contributed by atoms with Crippen molar-refractivity contribution in [2.24, 2.45) is 5.92 Å². The Morgan fingerprint density at radius 1 is 1.25 bits per heavy atom. The first kappa shape index (κ1) is 20.6. The van der Waals surface area contributed by atoms with E-state index in [1.54, 1.807) is 16.8 Å². The van der Waals surface area contributed by atoms with Crippen LogP contribution in [0.2, 0.25) is 0 Å². The molecule has 156 valence electrons. The van der Waals surface area contributed by atoms with E-state index in [2.05, 4.69) is 22.1 Å². The number of amides is 1. The Balaban J connectivity index is 1.48. The van der Waals surface area contributed by atoms with Gasteiger partial charge in [-0.15, -0.1) is 0 Å². The lowest BCUT2D eigenvalue weighted by molar-refractivity contribution is 0.110. The quantitative estimate of drug-likeness (QED) is 0.686. The topological polar surface area (TPSA) is 113 Å². The maximum absolute atomic E-state index is 12.1. The number of nitrogens with zero attached hydrogens (tertiary/aromatic N) is 3. The highest BCUT2D eigenvalue weighted by Gasteiger charge is 2.29. The van der Waals surface area contributed by atoms with E-state index >= 15 is 0 Å². The van der Waals surface area contributed by atoms with E-state index < -0.39 is 6.09 Å². The third-order valence-corrected chi connectivity index (χ3v) is 6.50. The standard InChI is InChI=1S/C20H33N5O3/c1-2-24(16-9-5-15(6-10-16)22-20(27)28)13-14-3-7-17(8-4-14)25-12-11-18(21)23-19(25)26/h11-12,14-17,22H,2-10,13H2,1H3,(H,27,28)(H2,21,23,26)/t14-,15-,16-,17-. The Kier molecular flexibility index (Phi) is 6.93. The summed E-state index contributed by atoms with van der Waals surface area (Å²) < 4.78 is 1.74. The maximum Gasteiger partial charge on any atom is 0.404 e. The molecule has 0 unspecified atom stereocenters. The highest BCUT2D eigenvalue weighted by atomic mass is 16.4. The van der Waals surface area contributed by atoms with Gasteiger partial charge >= 0.3 is 11.8 Å². The van der Waals surface area contributed by atoms with Crippen molar-refractivity contribution in [1.82, 2.24) is 19.8 Å². The first-order valence-electron chi connectivity index (χ1n) is 10.5. The van der Waals surface area contributed by atoms with Crippen molar-refractivity contribution in [1.29, 1.82) is 0 Å². The molecule has 1 aromatic heterocycles. The van der Waals surface area contributed by atoms with Crippen molar-refractivity contribution in [3.8, 4) is 0 Å². The number of anilines is 1. The molecule has 8 nitrogen and oxygen atoms in total. The van der Waals surface area contributed by atoms with Gasteiger partial charge < -0.3 is 21.1 Å². The molecule has 0 bridgehead atoms. The van der Waals surface area contributed by atoms with E-state index in [1.165, 1.54) is 0 Å². The number of nitrogens with two attached hydrogens (primary N) is 1. The van der Waals surface area contributed by atoms with E-state index in [9.17, 15) is 9.59 Å². The Morgan fingerprint density at radius 2 is 1.93 bits per heavy atom. The van der Waals surface area contributed by atoms with Gasteiger partial charge in [-0.2, -0.15) is 4.98 Å². The van der Waals surface area contributed by atoms with E-state index in [0.717, 1.165) is 64.5 Å². The molecule has 4 N–H and O–H groups in total. The zero-order chi connectivity index (χ0) is 20.1. The van der Waals surface area contributed by atoms with Crippen LogP contribution in [0.3, 0.4) is 0 Å². The molecule has 1 aromatic rings. The summed E-state index contributed by atoms with van der Waals surface area (Å²) >= 11 is 0. The van der Waals surface area contributed by atoms with Gasteiger partial charge in [0.1, 0.15) is 5.82 Å². The van der Waals surface area contributed by atoms with Crippen LogP contribution in [0, 0.1) is 5.92 Å². The average Bonchev–Trinajstić information content (AvgIpc) is 2.67. The van der Waals surface area contributed by atoms with Crippen molar-refractivity contribution in [2.45, 2.75) is 76.4 Å². The van der Waals surface area contributed by atoms with Gasteiger partial charge in [0.25, 0.3) is 0 Å². The summed E-state index contributed by atoms with van der Waals surface area (Å²) in [6, 6.07) is 2.58. The van der Waals surface area contributed by atoms with Crippen LogP contribution in [-0.2, 0) is 0 Å². The summed E-state index contributed by atoms with van der Waals surface area (Å²) in [5, 5.41) is 11.5. The maximum atomic E-state index is 12.1. The van der Waals surface area contributed by atoms with Gasteiger partial charge in [0.05, 0.1) is 0 Å². The smallest absolute Gasteiger partial charge is 0.404 e. The fourth-order valence-electron chi connectivity index (χ4n) is 4.94. The van der Waals surface area contributed by atoms with Gasteiger partial charge in [0, 0.05) is 30.9 Å². The van der Waals surface area contributed by atoms with E-state index in [-0.39, 0.29) is 23.6 Å². The first-order valence-corrected chi connectivity index (χ1v) is 10.5. The summed E-state index contributed by atoms with van der Waals surface area (Å²) in [4.78, 5) is 29.3.